The van der Waals surface area contributed by atoms with Crippen LogP contribution in [0.3, 0.4) is 0 Å². The molecular formula is C19H24ClN3O5. The second-order valence-corrected chi connectivity index (χ2v) is 6.58. The Balaban J connectivity index is 1.89. The minimum Gasteiger partial charge on any atom is -0.495 e. The van der Waals surface area contributed by atoms with Gasteiger partial charge in [0.1, 0.15) is 11.5 Å². The number of nitrogens with one attached hydrogen (secondary N) is 1. The molecule has 1 amide bonds. The molecule has 0 spiro atoms. The SMILES string of the molecule is COc1cc(NC(=O)COC(=O)CCc2c(C)nn(C)c2C)c(OC)cc1Cl. The third kappa shape index (κ3) is 5.16. The molecule has 2 rings (SSSR count). The van der Waals surface area contributed by atoms with E-state index in [4.69, 9.17) is 25.8 Å². The predicted molar refractivity (Wildman–Crippen MR) is 105 cm³/mol. The average molecular weight is 410 g/mol. The lowest BCUT2D eigenvalue weighted by atomic mass is 10.1. The van der Waals surface area contributed by atoms with E-state index in [0.717, 1.165) is 17.0 Å². The Labute approximate surface area is 168 Å². The number of esters is 1. The standard InChI is InChI=1S/C19H24ClN3O5/c1-11-13(12(2)23(3)22-11)6-7-19(25)28-10-18(24)21-15-9-16(26-4)14(20)8-17(15)27-5/h8-9H,6-7,10H2,1-5H3,(H,21,24). The van der Waals surface area contributed by atoms with E-state index in [1.165, 1.54) is 26.4 Å². The molecule has 152 valence electrons. The Morgan fingerprint density at radius 1 is 1.18 bits per heavy atom. The van der Waals surface area contributed by atoms with Gasteiger partial charge in [-0.3, -0.25) is 14.3 Å². The average Bonchev–Trinajstić information content (AvgIpc) is 2.90. The summed E-state index contributed by atoms with van der Waals surface area (Å²) in [6.45, 7) is 3.44. The zero-order valence-electron chi connectivity index (χ0n) is 16.6. The van der Waals surface area contributed by atoms with Gasteiger partial charge in [0.2, 0.25) is 0 Å². The predicted octanol–water partition coefficient (Wildman–Crippen LogP) is 2.82. The van der Waals surface area contributed by atoms with Crippen LogP contribution in [0.5, 0.6) is 11.5 Å². The molecule has 0 saturated carbocycles. The molecular weight excluding hydrogens is 386 g/mol. The van der Waals surface area contributed by atoms with Crippen molar-refractivity contribution in [1.29, 1.82) is 0 Å². The van der Waals surface area contributed by atoms with Crippen LogP contribution < -0.4 is 14.8 Å². The number of nitrogens with zero attached hydrogens (tertiary/aromatic N) is 2. The minimum atomic E-state index is -0.496. The first-order valence-electron chi connectivity index (χ1n) is 8.62. The maximum Gasteiger partial charge on any atom is 0.306 e. The maximum atomic E-state index is 12.1. The molecule has 0 aliphatic heterocycles. The Hall–Kier alpha value is -2.74. The highest BCUT2D eigenvalue weighted by Gasteiger charge is 2.15. The molecule has 0 unspecified atom stereocenters. The highest BCUT2D eigenvalue weighted by atomic mass is 35.5. The van der Waals surface area contributed by atoms with Crippen LogP contribution in [0.2, 0.25) is 5.02 Å². The van der Waals surface area contributed by atoms with Crippen LogP contribution >= 0.6 is 11.6 Å². The van der Waals surface area contributed by atoms with Gasteiger partial charge in [-0.15, -0.1) is 0 Å². The van der Waals surface area contributed by atoms with Crippen LogP contribution in [0.15, 0.2) is 12.1 Å². The number of hydrogen-bond donors (Lipinski definition) is 1. The van der Waals surface area contributed by atoms with Gasteiger partial charge in [0.05, 0.1) is 30.6 Å². The number of benzene rings is 1. The third-order valence-corrected chi connectivity index (χ3v) is 4.65. The second-order valence-electron chi connectivity index (χ2n) is 6.17. The van der Waals surface area contributed by atoms with E-state index >= 15 is 0 Å². The molecule has 28 heavy (non-hydrogen) atoms. The molecule has 0 atom stereocenters. The number of ether oxygens (including phenoxy) is 3. The monoisotopic (exact) mass is 409 g/mol. The van der Waals surface area contributed by atoms with Crippen molar-refractivity contribution in [3.05, 3.63) is 34.1 Å². The minimum absolute atomic E-state index is 0.165. The third-order valence-electron chi connectivity index (χ3n) is 4.35. The molecule has 9 heteroatoms. The van der Waals surface area contributed by atoms with Crippen molar-refractivity contribution in [2.75, 3.05) is 26.1 Å². The summed E-state index contributed by atoms with van der Waals surface area (Å²) in [5, 5.41) is 7.29. The van der Waals surface area contributed by atoms with Crippen molar-refractivity contribution in [3.63, 3.8) is 0 Å². The van der Waals surface area contributed by atoms with E-state index in [0.29, 0.717) is 28.6 Å². The van der Waals surface area contributed by atoms with E-state index < -0.39 is 18.5 Å². The zero-order chi connectivity index (χ0) is 20.8. The second kappa shape index (κ2) is 9.45. The first-order chi connectivity index (χ1) is 13.3. The molecule has 1 aromatic carbocycles. The lowest BCUT2D eigenvalue weighted by molar-refractivity contribution is -0.147. The number of rotatable bonds is 8. The molecule has 0 radical (unpaired) electrons. The number of aryl methyl sites for hydroxylation is 2. The number of halogens is 1. The molecule has 0 saturated heterocycles. The Bertz CT molecular complexity index is 879. The fourth-order valence-corrected chi connectivity index (χ4v) is 3.00. The number of amides is 1. The van der Waals surface area contributed by atoms with Crippen LogP contribution in [0.1, 0.15) is 23.4 Å². The largest absolute Gasteiger partial charge is 0.495 e. The Morgan fingerprint density at radius 3 is 2.43 bits per heavy atom. The lowest BCUT2D eigenvalue weighted by Crippen LogP contribution is -2.21. The summed E-state index contributed by atoms with van der Waals surface area (Å²) in [4.78, 5) is 24.1. The molecule has 0 aliphatic rings. The number of carbonyl (C=O) groups excluding carboxylic acids is 2. The van der Waals surface area contributed by atoms with Crippen LogP contribution in [0, 0.1) is 13.8 Å². The Kier molecular flexibility index (Phi) is 7.28. The van der Waals surface area contributed by atoms with Gasteiger partial charge in [-0.1, -0.05) is 11.6 Å². The van der Waals surface area contributed by atoms with Gasteiger partial charge in [-0.25, -0.2) is 0 Å². The molecule has 1 heterocycles. The van der Waals surface area contributed by atoms with Crippen LogP contribution in [-0.4, -0.2) is 42.5 Å². The zero-order valence-corrected chi connectivity index (χ0v) is 17.3. The maximum absolute atomic E-state index is 12.1. The van der Waals surface area contributed by atoms with E-state index in [-0.39, 0.29) is 6.42 Å². The van der Waals surface area contributed by atoms with E-state index in [2.05, 4.69) is 10.4 Å². The topological polar surface area (TPSA) is 91.7 Å². The number of aromatic nitrogens is 2. The molecule has 1 aromatic heterocycles. The Morgan fingerprint density at radius 2 is 1.86 bits per heavy atom. The first-order valence-corrected chi connectivity index (χ1v) is 9.00. The van der Waals surface area contributed by atoms with Gasteiger partial charge in [0.25, 0.3) is 5.91 Å². The molecule has 0 aliphatic carbocycles. The molecule has 8 nitrogen and oxygen atoms in total. The van der Waals surface area contributed by atoms with Gasteiger partial charge >= 0.3 is 5.97 Å². The smallest absolute Gasteiger partial charge is 0.306 e. The summed E-state index contributed by atoms with van der Waals surface area (Å²) >= 11 is 6.04. The van der Waals surface area contributed by atoms with Crippen LogP contribution in [-0.2, 0) is 27.8 Å². The van der Waals surface area contributed by atoms with E-state index in [1.54, 1.807) is 4.68 Å². The van der Waals surface area contributed by atoms with Crippen LogP contribution in [0.25, 0.3) is 0 Å². The van der Waals surface area contributed by atoms with Crippen LogP contribution in [0.4, 0.5) is 5.69 Å². The van der Waals surface area contributed by atoms with Gasteiger partial charge < -0.3 is 19.5 Å². The van der Waals surface area contributed by atoms with Crippen molar-refractivity contribution >= 4 is 29.2 Å². The van der Waals surface area contributed by atoms with Crippen molar-refractivity contribution < 1.29 is 23.8 Å². The molecule has 0 fully saturated rings. The summed E-state index contributed by atoms with van der Waals surface area (Å²) in [7, 11) is 4.78. The quantitative estimate of drug-likeness (QED) is 0.674. The summed E-state index contributed by atoms with van der Waals surface area (Å²) in [5.41, 5.74) is 3.27. The fourth-order valence-electron chi connectivity index (χ4n) is 2.77. The van der Waals surface area contributed by atoms with Crippen molar-refractivity contribution in [2.24, 2.45) is 7.05 Å². The van der Waals surface area contributed by atoms with Crippen molar-refractivity contribution in [1.82, 2.24) is 9.78 Å². The number of methoxy groups -OCH3 is 2. The summed E-state index contributed by atoms with van der Waals surface area (Å²) in [5.74, 6) is -0.201. The fraction of sp³-hybridized carbons (Fsp3) is 0.421. The first kappa shape index (κ1) is 21.6. The number of anilines is 1. The summed E-state index contributed by atoms with van der Waals surface area (Å²) < 4.78 is 17.2. The normalized spacial score (nSPS) is 10.5. The molecule has 0 bridgehead atoms. The van der Waals surface area contributed by atoms with Gasteiger partial charge in [0, 0.05) is 31.3 Å². The molecule has 2 aromatic rings. The molecule has 1 N–H and O–H groups in total. The van der Waals surface area contributed by atoms with Gasteiger partial charge in [-0.2, -0.15) is 5.10 Å². The van der Waals surface area contributed by atoms with E-state index in [1.807, 2.05) is 20.9 Å². The lowest BCUT2D eigenvalue weighted by Gasteiger charge is -2.13. The highest BCUT2D eigenvalue weighted by molar-refractivity contribution is 6.32. The number of hydrogen-bond acceptors (Lipinski definition) is 6. The van der Waals surface area contributed by atoms with Gasteiger partial charge in [-0.05, 0) is 25.8 Å². The summed E-state index contributed by atoms with van der Waals surface area (Å²) in [6, 6.07) is 3.06. The highest BCUT2D eigenvalue weighted by Crippen LogP contribution is 2.35. The summed E-state index contributed by atoms with van der Waals surface area (Å²) in [6.07, 6.45) is 0.674. The van der Waals surface area contributed by atoms with Crippen molar-refractivity contribution in [3.8, 4) is 11.5 Å². The van der Waals surface area contributed by atoms with Crippen molar-refractivity contribution in [2.45, 2.75) is 26.7 Å². The van der Waals surface area contributed by atoms with Gasteiger partial charge in [0.15, 0.2) is 6.61 Å². The van der Waals surface area contributed by atoms with E-state index in [9.17, 15) is 9.59 Å². The number of carbonyl (C=O) groups is 2.